The maximum atomic E-state index is 10.9. The molecule has 37 heavy (non-hydrogen) atoms. The van der Waals surface area contributed by atoms with E-state index in [4.69, 9.17) is 0 Å². The SMILES string of the molecule is CCCCCCCCCCCc1ccc([O-])cc1.CCCCCCCCCCCc1ccc([O-])cc1.[Ba+2]. The van der Waals surface area contributed by atoms with Gasteiger partial charge in [-0.2, -0.15) is 0 Å². The molecule has 0 aliphatic heterocycles. The molecular formula is C34H54BaO2. The second kappa shape index (κ2) is 27.2. The van der Waals surface area contributed by atoms with E-state index in [0.717, 1.165) is 12.8 Å². The summed E-state index contributed by atoms with van der Waals surface area (Å²) in [5.74, 6) is 0.233. The van der Waals surface area contributed by atoms with Gasteiger partial charge in [0.25, 0.3) is 0 Å². The number of benzene rings is 2. The molecule has 0 radical (unpaired) electrons. The van der Waals surface area contributed by atoms with E-state index < -0.39 is 0 Å². The van der Waals surface area contributed by atoms with Crippen molar-refractivity contribution >= 4 is 48.9 Å². The van der Waals surface area contributed by atoms with E-state index >= 15 is 0 Å². The van der Waals surface area contributed by atoms with Gasteiger partial charge < -0.3 is 10.2 Å². The molecule has 0 saturated heterocycles. The average molecular weight is 632 g/mol. The first-order valence-electron chi connectivity index (χ1n) is 15.2. The van der Waals surface area contributed by atoms with Crippen molar-refractivity contribution in [1.29, 1.82) is 0 Å². The first-order valence-corrected chi connectivity index (χ1v) is 15.2. The van der Waals surface area contributed by atoms with Crippen LogP contribution in [0.15, 0.2) is 48.5 Å². The molecule has 0 bridgehead atoms. The molecule has 0 unspecified atom stereocenters. The van der Waals surface area contributed by atoms with Crippen molar-refractivity contribution < 1.29 is 10.2 Å². The molecule has 2 aromatic rings. The Hall–Kier alpha value is -0.389. The zero-order valence-corrected chi connectivity index (χ0v) is 28.7. The minimum atomic E-state index is 0. The Morgan fingerprint density at radius 2 is 0.622 bits per heavy atom. The first kappa shape index (κ1) is 36.6. The fourth-order valence-electron chi connectivity index (χ4n) is 4.59. The number of hydrogen-bond acceptors (Lipinski definition) is 2. The molecule has 0 aliphatic carbocycles. The number of rotatable bonds is 20. The third-order valence-corrected chi connectivity index (χ3v) is 6.98. The largest absolute Gasteiger partial charge is 2.00 e. The quantitative estimate of drug-likeness (QED) is 0.108. The summed E-state index contributed by atoms with van der Waals surface area (Å²) in [4.78, 5) is 0. The standard InChI is InChI=1S/2C17H28O.Ba/c2*1-2-3-4-5-6-7-8-9-10-11-16-12-14-17(18)15-13-16;/h2*12-15,18H,2-11H2,1H3;/q;;+2/p-2. The van der Waals surface area contributed by atoms with Crippen LogP contribution in [0.2, 0.25) is 0 Å². The van der Waals surface area contributed by atoms with Gasteiger partial charge in [0.05, 0.1) is 0 Å². The summed E-state index contributed by atoms with van der Waals surface area (Å²) in [5.41, 5.74) is 2.61. The minimum Gasteiger partial charge on any atom is -0.872 e. The topological polar surface area (TPSA) is 46.1 Å². The van der Waals surface area contributed by atoms with Gasteiger partial charge in [-0.1, -0.05) is 165 Å². The van der Waals surface area contributed by atoms with Crippen molar-refractivity contribution in [3.05, 3.63) is 59.7 Å². The van der Waals surface area contributed by atoms with Crippen LogP contribution in [0.5, 0.6) is 11.5 Å². The van der Waals surface area contributed by atoms with Crippen LogP contribution in [0.25, 0.3) is 0 Å². The van der Waals surface area contributed by atoms with Crippen LogP contribution in [-0.4, -0.2) is 48.9 Å². The van der Waals surface area contributed by atoms with Gasteiger partial charge in [-0.3, -0.25) is 0 Å². The molecule has 0 aliphatic rings. The number of aryl methyl sites for hydroxylation is 2. The van der Waals surface area contributed by atoms with E-state index in [1.54, 1.807) is 24.3 Å². The molecule has 0 amide bonds. The Bertz CT molecular complexity index is 648. The van der Waals surface area contributed by atoms with E-state index in [1.807, 2.05) is 24.3 Å². The maximum absolute atomic E-state index is 10.9. The second-order valence-corrected chi connectivity index (χ2v) is 10.4. The maximum Gasteiger partial charge on any atom is 2.00 e. The summed E-state index contributed by atoms with van der Waals surface area (Å²) in [6.07, 6.45) is 26.9. The average Bonchev–Trinajstić information content (AvgIpc) is 2.89. The van der Waals surface area contributed by atoms with Gasteiger partial charge in [-0.15, -0.1) is 11.5 Å². The summed E-state index contributed by atoms with van der Waals surface area (Å²) < 4.78 is 0. The van der Waals surface area contributed by atoms with Crippen molar-refractivity contribution in [2.24, 2.45) is 0 Å². The van der Waals surface area contributed by atoms with Crippen molar-refractivity contribution in [3.63, 3.8) is 0 Å². The molecule has 0 saturated carbocycles. The third kappa shape index (κ3) is 23.2. The van der Waals surface area contributed by atoms with E-state index in [-0.39, 0.29) is 60.4 Å². The predicted octanol–water partition coefficient (Wildman–Crippen LogP) is 9.29. The molecule has 2 nitrogen and oxygen atoms in total. The van der Waals surface area contributed by atoms with Crippen LogP contribution < -0.4 is 10.2 Å². The molecule has 2 aromatic carbocycles. The van der Waals surface area contributed by atoms with Gasteiger partial charge in [0.1, 0.15) is 0 Å². The molecule has 0 aromatic heterocycles. The van der Waals surface area contributed by atoms with Crippen LogP contribution >= 0.6 is 0 Å². The Kier molecular flexibility index (Phi) is 26.9. The number of unbranched alkanes of at least 4 members (excludes halogenated alkanes) is 16. The molecule has 0 fully saturated rings. The smallest absolute Gasteiger partial charge is 0.872 e. The zero-order chi connectivity index (χ0) is 26.1. The van der Waals surface area contributed by atoms with E-state index in [9.17, 15) is 10.2 Å². The normalized spacial score (nSPS) is 10.4. The van der Waals surface area contributed by atoms with Gasteiger partial charge in [-0.25, -0.2) is 0 Å². The summed E-state index contributed by atoms with van der Waals surface area (Å²) in [7, 11) is 0. The van der Waals surface area contributed by atoms with Crippen LogP contribution in [0, 0.1) is 0 Å². The van der Waals surface area contributed by atoms with Crippen LogP contribution in [0.1, 0.15) is 141 Å². The second-order valence-electron chi connectivity index (χ2n) is 10.4. The molecule has 204 valence electrons. The summed E-state index contributed by atoms with van der Waals surface area (Å²) in [6.45, 7) is 4.53. The minimum absolute atomic E-state index is 0. The molecule has 2 rings (SSSR count). The Morgan fingerprint density at radius 3 is 0.892 bits per heavy atom. The van der Waals surface area contributed by atoms with Gasteiger partial charge in [0, 0.05) is 0 Å². The van der Waals surface area contributed by atoms with Gasteiger partial charge in [0.15, 0.2) is 0 Å². The van der Waals surface area contributed by atoms with Crippen molar-refractivity contribution in [2.75, 3.05) is 0 Å². The van der Waals surface area contributed by atoms with Gasteiger partial charge in [-0.05, 0) is 36.8 Å². The van der Waals surface area contributed by atoms with Crippen molar-refractivity contribution in [3.8, 4) is 11.5 Å². The van der Waals surface area contributed by atoms with Crippen LogP contribution in [0.4, 0.5) is 0 Å². The predicted molar refractivity (Wildman–Crippen MR) is 159 cm³/mol. The fraction of sp³-hybridized carbons (Fsp3) is 0.647. The van der Waals surface area contributed by atoms with E-state index in [0.29, 0.717) is 0 Å². The molecular weight excluding hydrogens is 578 g/mol. The molecule has 0 heterocycles. The Morgan fingerprint density at radius 1 is 0.378 bits per heavy atom. The summed E-state index contributed by atoms with van der Waals surface area (Å²) in [6, 6.07) is 14.5. The monoisotopic (exact) mass is 632 g/mol. The third-order valence-electron chi connectivity index (χ3n) is 6.98. The summed E-state index contributed by atoms with van der Waals surface area (Å²) >= 11 is 0. The number of hydrogen-bond donors (Lipinski definition) is 0. The molecule has 0 N–H and O–H groups in total. The first-order chi connectivity index (χ1) is 17.7. The molecule has 0 spiro atoms. The van der Waals surface area contributed by atoms with Crippen molar-refractivity contribution in [1.82, 2.24) is 0 Å². The molecule has 0 atom stereocenters. The summed E-state index contributed by atoms with van der Waals surface area (Å²) in [5, 5.41) is 21.9. The zero-order valence-electron chi connectivity index (χ0n) is 24.3. The Labute approximate surface area is 270 Å². The van der Waals surface area contributed by atoms with Crippen molar-refractivity contribution in [2.45, 2.75) is 142 Å². The van der Waals surface area contributed by atoms with Crippen LogP contribution in [0.3, 0.4) is 0 Å². The molecule has 3 heteroatoms. The van der Waals surface area contributed by atoms with E-state index in [1.165, 1.54) is 127 Å². The Balaban J connectivity index is 0.000000682. The van der Waals surface area contributed by atoms with E-state index in [2.05, 4.69) is 13.8 Å². The van der Waals surface area contributed by atoms with Gasteiger partial charge in [0.2, 0.25) is 0 Å². The van der Waals surface area contributed by atoms with Gasteiger partial charge >= 0.3 is 48.9 Å². The van der Waals surface area contributed by atoms with Crippen LogP contribution in [-0.2, 0) is 12.8 Å². The fourth-order valence-corrected chi connectivity index (χ4v) is 4.59.